The second-order valence-corrected chi connectivity index (χ2v) is 4.61. The second kappa shape index (κ2) is 5.84. The van der Waals surface area contributed by atoms with Crippen LogP contribution < -0.4 is 10.1 Å². The molecule has 1 rings (SSSR count). The standard InChI is InChI=1S/C13H23N3O/c1-6-10-15-11(14-8-3)9-12(16-10)17-13(4,5)7-2/h9H,6-8H2,1-5H3,(H,14,15,16). The van der Waals surface area contributed by atoms with Gasteiger partial charge >= 0.3 is 0 Å². The Bertz CT molecular complexity index is 364. The molecule has 4 nitrogen and oxygen atoms in total. The van der Waals surface area contributed by atoms with Gasteiger partial charge in [0.05, 0.1) is 0 Å². The van der Waals surface area contributed by atoms with E-state index in [9.17, 15) is 0 Å². The fourth-order valence-corrected chi connectivity index (χ4v) is 1.31. The van der Waals surface area contributed by atoms with E-state index in [-0.39, 0.29) is 5.60 Å². The maximum Gasteiger partial charge on any atom is 0.219 e. The van der Waals surface area contributed by atoms with Crippen LogP contribution in [-0.4, -0.2) is 22.1 Å². The average molecular weight is 237 g/mol. The summed E-state index contributed by atoms with van der Waals surface area (Å²) in [5, 5.41) is 3.20. The number of ether oxygens (including phenoxy) is 1. The molecule has 0 saturated heterocycles. The number of aromatic nitrogens is 2. The van der Waals surface area contributed by atoms with Crippen molar-refractivity contribution in [3.05, 3.63) is 11.9 Å². The lowest BCUT2D eigenvalue weighted by atomic mass is 10.1. The molecule has 0 amide bonds. The summed E-state index contributed by atoms with van der Waals surface area (Å²) in [6.45, 7) is 11.2. The summed E-state index contributed by atoms with van der Waals surface area (Å²) in [4.78, 5) is 8.79. The molecule has 1 heterocycles. The molecule has 0 unspecified atom stereocenters. The normalized spacial score (nSPS) is 11.4. The molecule has 0 aromatic carbocycles. The van der Waals surface area contributed by atoms with E-state index < -0.39 is 0 Å². The quantitative estimate of drug-likeness (QED) is 0.826. The summed E-state index contributed by atoms with van der Waals surface area (Å²) in [7, 11) is 0. The molecular weight excluding hydrogens is 214 g/mol. The summed E-state index contributed by atoms with van der Waals surface area (Å²) in [5.74, 6) is 2.30. The molecule has 17 heavy (non-hydrogen) atoms. The first-order valence-electron chi connectivity index (χ1n) is 6.31. The minimum absolute atomic E-state index is 0.192. The Morgan fingerprint density at radius 2 is 1.94 bits per heavy atom. The molecule has 1 aromatic heterocycles. The van der Waals surface area contributed by atoms with E-state index in [4.69, 9.17) is 4.74 Å². The first kappa shape index (κ1) is 13.7. The highest BCUT2D eigenvalue weighted by atomic mass is 16.5. The van der Waals surface area contributed by atoms with E-state index >= 15 is 0 Å². The third-order valence-electron chi connectivity index (χ3n) is 2.66. The fraction of sp³-hybridized carbons (Fsp3) is 0.692. The van der Waals surface area contributed by atoms with Crippen LogP contribution >= 0.6 is 0 Å². The average Bonchev–Trinajstić information content (AvgIpc) is 2.28. The van der Waals surface area contributed by atoms with E-state index in [1.165, 1.54) is 0 Å². The number of hydrogen-bond donors (Lipinski definition) is 1. The van der Waals surface area contributed by atoms with E-state index in [1.807, 2.05) is 19.9 Å². The first-order chi connectivity index (χ1) is 8.00. The number of aryl methyl sites for hydroxylation is 1. The number of rotatable bonds is 6. The summed E-state index contributed by atoms with van der Waals surface area (Å²) in [5.41, 5.74) is -0.192. The number of nitrogens with one attached hydrogen (secondary N) is 1. The van der Waals surface area contributed by atoms with Gasteiger partial charge in [-0.05, 0) is 27.2 Å². The smallest absolute Gasteiger partial charge is 0.219 e. The third kappa shape index (κ3) is 4.21. The number of anilines is 1. The minimum Gasteiger partial charge on any atom is -0.472 e. The molecular formula is C13H23N3O. The molecule has 1 N–H and O–H groups in total. The van der Waals surface area contributed by atoms with Gasteiger partial charge in [-0.1, -0.05) is 13.8 Å². The van der Waals surface area contributed by atoms with E-state index in [2.05, 4.69) is 36.1 Å². The SMILES string of the molecule is CCNc1cc(OC(C)(C)CC)nc(CC)n1. The molecule has 0 aliphatic rings. The van der Waals surface area contributed by atoms with E-state index in [0.29, 0.717) is 5.88 Å². The van der Waals surface area contributed by atoms with Crippen molar-refractivity contribution in [1.29, 1.82) is 0 Å². The maximum atomic E-state index is 5.89. The van der Waals surface area contributed by atoms with Crippen molar-refractivity contribution in [2.75, 3.05) is 11.9 Å². The van der Waals surface area contributed by atoms with Gasteiger partial charge in [-0.3, -0.25) is 0 Å². The Kier molecular flexibility index (Phi) is 4.73. The Hall–Kier alpha value is -1.32. The van der Waals surface area contributed by atoms with Gasteiger partial charge < -0.3 is 10.1 Å². The van der Waals surface area contributed by atoms with Crippen LogP contribution in [0.4, 0.5) is 5.82 Å². The highest BCUT2D eigenvalue weighted by Gasteiger charge is 2.18. The lowest BCUT2D eigenvalue weighted by Crippen LogP contribution is -2.27. The van der Waals surface area contributed by atoms with Crippen molar-refractivity contribution in [3.8, 4) is 5.88 Å². The lowest BCUT2D eigenvalue weighted by molar-refractivity contribution is 0.0986. The molecule has 4 heteroatoms. The van der Waals surface area contributed by atoms with Crippen LogP contribution in [0.2, 0.25) is 0 Å². The van der Waals surface area contributed by atoms with Gasteiger partial charge in [0.1, 0.15) is 17.2 Å². The zero-order valence-corrected chi connectivity index (χ0v) is 11.5. The molecule has 1 aromatic rings. The summed E-state index contributed by atoms with van der Waals surface area (Å²) in [6.07, 6.45) is 1.75. The maximum absolute atomic E-state index is 5.89. The van der Waals surface area contributed by atoms with Gasteiger partial charge in [0.15, 0.2) is 0 Å². The molecule has 0 bridgehead atoms. The van der Waals surface area contributed by atoms with Crippen LogP contribution in [0.5, 0.6) is 5.88 Å². The van der Waals surface area contributed by atoms with Crippen LogP contribution in [0.1, 0.15) is 46.9 Å². The van der Waals surface area contributed by atoms with E-state index in [1.54, 1.807) is 0 Å². The Balaban J connectivity index is 2.94. The molecule has 0 spiro atoms. The molecule has 0 atom stereocenters. The second-order valence-electron chi connectivity index (χ2n) is 4.61. The van der Waals surface area contributed by atoms with Crippen LogP contribution in [0.3, 0.4) is 0 Å². The van der Waals surface area contributed by atoms with Crippen LogP contribution in [-0.2, 0) is 6.42 Å². The summed E-state index contributed by atoms with van der Waals surface area (Å²) >= 11 is 0. The number of hydrogen-bond acceptors (Lipinski definition) is 4. The predicted molar refractivity (Wildman–Crippen MR) is 70.6 cm³/mol. The fourth-order valence-electron chi connectivity index (χ4n) is 1.31. The molecule has 96 valence electrons. The van der Waals surface area contributed by atoms with Crippen LogP contribution in [0.25, 0.3) is 0 Å². The molecule has 0 fully saturated rings. The van der Waals surface area contributed by atoms with Gasteiger partial charge in [-0.2, -0.15) is 4.98 Å². The molecule has 0 aliphatic heterocycles. The monoisotopic (exact) mass is 237 g/mol. The summed E-state index contributed by atoms with van der Waals surface area (Å²) < 4.78 is 5.89. The predicted octanol–water partition coefficient (Wildman–Crippen LogP) is 3.04. The van der Waals surface area contributed by atoms with Crippen LogP contribution in [0.15, 0.2) is 6.07 Å². The Morgan fingerprint density at radius 3 is 2.47 bits per heavy atom. The molecule has 0 aliphatic carbocycles. The Labute approximate surface area is 104 Å². The van der Waals surface area contributed by atoms with Gasteiger partial charge in [0.25, 0.3) is 0 Å². The lowest BCUT2D eigenvalue weighted by Gasteiger charge is -2.24. The van der Waals surface area contributed by atoms with Crippen molar-refractivity contribution in [1.82, 2.24) is 9.97 Å². The van der Waals surface area contributed by atoms with Crippen molar-refractivity contribution in [3.63, 3.8) is 0 Å². The topological polar surface area (TPSA) is 47.0 Å². The zero-order valence-electron chi connectivity index (χ0n) is 11.5. The number of nitrogens with zero attached hydrogens (tertiary/aromatic N) is 2. The highest BCUT2D eigenvalue weighted by Crippen LogP contribution is 2.21. The van der Waals surface area contributed by atoms with Crippen molar-refractivity contribution < 1.29 is 4.74 Å². The van der Waals surface area contributed by atoms with Gasteiger partial charge in [-0.25, -0.2) is 4.98 Å². The summed E-state index contributed by atoms with van der Waals surface area (Å²) in [6, 6.07) is 1.86. The molecule has 0 radical (unpaired) electrons. The third-order valence-corrected chi connectivity index (χ3v) is 2.66. The first-order valence-corrected chi connectivity index (χ1v) is 6.31. The minimum atomic E-state index is -0.192. The van der Waals surface area contributed by atoms with Crippen molar-refractivity contribution >= 4 is 5.82 Å². The zero-order chi connectivity index (χ0) is 12.9. The van der Waals surface area contributed by atoms with E-state index in [0.717, 1.165) is 31.0 Å². The van der Waals surface area contributed by atoms with Crippen LogP contribution in [0, 0.1) is 0 Å². The van der Waals surface area contributed by atoms with Gasteiger partial charge in [0.2, 0.25) is 5.88 Å². The largest absolute Gasteiger partial charge is 0.472 e. The highest BCUT2D eigenvalue weighted by molar-refractivity contribution is 5.38. The molecule has 0 saturated carbocycles. The van der Waals surface area contributed by atoms with Crippen molar-refractivity contribution in [2.24, 2.45) is 0 Å². The van der Waals surface area contributed by atoms with Crippen molar-refractivity contribution in [2.45, 2.75) is 53.1 Å². The van der Waals surface area contributed by atoms with Gasteiger partial charge in [-0.15, -0.1) is 0 Å². The Morgan fingerprint density at radius 1 is 1.24 bits per heavy atom. The van der Waals surface area contributed by atoms with Gasteiger partial charge in [0, 0.05) is 19.0 Å².